The van der Waals surface area contributed by atoms with Gasteiger partial charge in [0, 0.05) is 18.8 Å². The van der Waals surface area contributed by atoms with E-state index in [4.69, 9.17) is 22.9 Å². The molecule has 1 aromatic rings. The van der Waals surface area contributed by atoms with Gasteiger partial charge in [-0.2, -0.15) is 0 Å². The van der Waals surface area contributed by atoms with Crippen molar-refractivity contribution >= 4 is 32.9 Å². The van der Waals surface area contributed by atoms with E-state index in [9.17, 15) is 8.42 Å². The van der Waals surface area contributed by atoms with Crippen molar-refractivity contribution < 1.29 is 8.42 Å². The Labute approximate surface area is 130 Å². The Morgan fingerprint density at radius 1 is 1.24 bits per heavy atom. The zero-order valence-corrected chi connectivity index (χ0v) is 13.5. The zero-order chi connectivity index (χ0) is 15.0. The third-order valence-electron chi connectivity index (χ3n) is 4.15. The van der Waals surface area contributed by atoms with E-state index in [1.54, 1.807) is 0 Å². The van der Waals surface area contributed by atoms with Crippen LogP contribution in [0.3, 0.4) is 0 Å². The third kappa shape index (κ3) is 3.03. The molecule has 2 N–H and O–H groups in total. The summed E-state index contributed by atoms with van der Waals surface area (Å²) in [6.07, 6.45) is 3.73. The van der Waals surface area contributed by atoms with E-state index >= 15 is 0 Å². The maximum Gasteiger partial charge on any atom is 0.152 e. The first kappa shape index (κ1) is 14.7. The van der Waals surface area contributed by atoms with Crippen LogP contribution in [0.2, 0.25) is 0 Å². The number of rotatable bonds is 2. The number of hydrogen-bond acceptors (Lipinski definition) is 5. The molecule has 1 aliphatic carbocycles. The number of anilines is 1. The molecule has 0 amide bonds. The van der Waals surface area contributed by atoms with Crippen LogP contribution in [0.1, 0.15) is 29.7 Å². The molecule has 114 valence electrons. The van der Waals surface area contributed by atoms with Gasteiger partial charge in [0.25, 0.3) is 0 Å². The lowest BCUT2D eigenvalue weighted by Crippen LogP contribution is -2.30. The van der Waals surface area contributed by atoms with Crippen LogP contribution < -0.4 is 10.6 Å². The minimum Gasteiger partial charge on any atom is -0.389 e. The Kier molecular flexibility index (Phi) is 3.88. The van der Waals surface area contributed by atoms with E-state index < -0.39 is 9.84 Å². The molecular formula is C14H19N3O2S2. The third-order valence-corrected chi connectivity index (χ3v) is 6.09. The SMILES string of the molecule is NC(=S)c1cc2c(nc1N1CCCS(=O)(=O)CC1)CCC2. The summed E-state index contributed by atoms with van der Waals surface area (Å²) in [5.41, 5.74) is 8.97. The number of thiocarbonyl (C=S) groups is 1. The van der Waals surface area contributed by atoms with Crippen molar-refractivity contribution in [3.05, 3.63) is 22.9 Å². The molecule has 1 aromatic heterocycles. The highest BCUT2D eigenvalue weighted by Crippen LogP contribution is 2.28. The number of nitrogens with zero attached hydrogens (tertiary/aromatic N) is 2. The summed E-state index contributed by atoms with van der Waals surface area (Å²) >= 11 is 5.16. The first-order chi connectivity index (χ1) is 9.96. The van der Waals surface area contributed by atoms with Gasteiger partial charge in [0.1, 0.15) is 10.8 Å². The molecule has 0 saturated carbocycles. The normalized spacial score (nSPS) is 20.9. The molecule has 1 aliphatic heterocycles. The summed E-state index contributed by atoms with van der Waals surface area (Å²) in [5, 5.41) is 0. The van der Waals surface area contributed by atoms with E-state index in [0.717, 1.165) is 36.3 Å². The summed E-state index contributed by atoms with van der Waals surface area (Å²) in [4.78, 5) is 7.11. The van der Waals surface area contributed by atoms with E-state index in [-0.39, 0.29) is 11.5 Å². The quantitative estimate of drug-likeness (QED) is 0.812. The van der Waals surface area contributed by atoms with E-state index in [1.165, 1.54) is 5.56 Å². The van der Waals surface area contributed by atoms with Gasteiger partial charge in [-0.05, 0) is 37.3 Å². The van der Waals surface area contributed by atoms with Gasteiger partial charge in [0.2, 0.25) is 0 Å². The maximum atomic E-state index is 11.8. The molecule has 1 saturated heterocycles. The molecule has 0 spiro atoms. The molecule has 2 aliphatic rings. The summed E-state index contributed by atoms with van der Waals surface area (Å²) in [5.74, 6) is 1.18. The van der Waals surface area contributed by atoms with Crippen LogP contribution in [0.4, 0.5) is 5.82 Å². The van der Waals surface area contributed by atoms with Crippen molar-refractivity contribution in [1.82, 2.24) is 4.98 Å². The van der Waals surface area contributed by atoms with Crippen molar-refractivity contribution in [3.63, 3.8) is 0 Å². The topological polar surface area (TPSA) is 76.3 Å². The lowest BCUT2D eigenvalue weighted by atomic mass is 10.1. The molecule has 0 bridgehead atoms. The van der Waals surface area contributed by atoms with Crippen LogP contribution in [0.15, 0.2) is 6.07 Å². The van der Waals surface area contributed by atoms with Crippen LogP contribution in [0.25, 0.3) is 0 Å². The highest BCUT2D eigenvalue weighted by Gasteiger charge is 2.25. The molecule has 3 rings (SSSR count). The van der Waals surface area contributed by atoms with E-state index in [2.05, 4.69) is 0 Å². The first-order valence-corrected chi connectivity index (χ1v) is 9.47. The Balaban J connectivity index is 1.99. The molecule has 2 heterocycles. The Hall–Kier alpha value is -1.21. The summed E-state index contributed by atoms with van der Waals surface area (Å²) < 4.78 is 23.5. The second kappa shape index (κ2) is 5.53. The highest BCUT2D eigenvalue weighted by molar-refractivity contribution is 7.91. The van der Waals surface area contributed by atoms with Gasteiger partial charge in [-0.3, -0.25) is 0 Å². The van der Waals surface area contributed by atoms with Gasteiger partial charge >= 0.3 is 0 Å². The number of nitrogens with two attached hydrogens (primary N) is 1. The van der Waals surface area contributed by atoms with Gasteiger partial charge in [-0.25, -0.2) is 13.4 Å². The number of sulfone groups is 1. The number of fused-ring (bicyclic) bond motifs is 1. The second-order valence-electron chi connectivity index (χ2n) is 5.68. The summed E-state index contributed by atoms with van der Waals surface area (Å²) in [6.45, 7) is 1.14. The molecule has 5 nitrogen and oxygen atoms in total. The minimum absolute atomic E-state index is 0.169. The van der Waals surface area contributed by atoms with Gasteiger partial charge in [-0.1, -0.05) is 12.2 Å². The van der Waals surface area contributed by atoms with Gasteiger partial charge < -0.3 is 10.6 Å². The molecular weight excluding hydrogens is 306 g/mol. The van der Waals surface area contributed by atoms with Crippen LogP contribution in [0.5, 0.6) is 0 Å². The Morgan fingerprint density at radius 2 is 2.05 bits per heavy atom. The van der Waals surface area contributed by atoms with Gasteiger partial charge in [-0.15, -0.1) is 0 Å². The second-order valence-corrected chi connectivity index (χ2v) is 8.42. The molecule has 0 aromatic carbocycles. The molecule has 0 unspecified atom stereocenters. The molecule has 0 atom stereocenters. The fraction of sp³-hybridized carbons (Fsp3) is 0.571. The van der Waals surface area contributed by atoms with Crippen molar-refractivity contribution in [2.45, 2.75) is 25.7 Å². The number of aromatic nitrogens is 1. The predicted molar refractivity (Wildman–Crippen MR) is 87.6 cm³/mol. The van der Waals surface area contributed by atoms with Crippen LogP contribution >= 0.6 is 12.2 Å². The van der Waals surface area contributed by atoms with E-state index in [0.29, 0.717) is 24.5 Å². The lowest BCUT2D eigenvalue weighted by molar-refractivity contribution is 0.597. The van der Waals surface area contributed by atoms with Crippen LogP contribution in [0, 0.1) is 0 Å². The lowest BCUT2D eigenvalue weighted by Gasteiger charge is -2.24. The monoisotopic (exact) mass is 325 g/mol. The molecule has 21 heavy (non-hydrogen) atoms. The number of hydrogen-bond donors (Lipinski definition) is 1. The van der Waals surface area contributed by atoms with Crippen molar-refractivity contribution in [2.75, 3.05) is 29.5 Å². The summed E-state index contributed by atoms with van der Waals surface area (Å²) in [6, 6.07) is 2.05. The highest BCUT2D eigenvalue weighted by atomic mass is 32.2. The van der Waals surface area contributed by atoms with Gasteiger partial charge in [0.15, 0.2) is 9.84 Å². The largest absolute Gasteiger partial charge is 0.389 e. The van der Waals surface area contributed by atoms with Crippen LogP contribution in [-0.4, -0.2) is 43.0 Å². The predicted octanol–water partition coefficient (Wildman–Crippen LogP) is 0.829. The fourth-order valence-corrected chi connectivity index (χ4v) is 4.46. The standard InChI is InChI=1S/C14H19N3O2S2/c15-13(20)11-9-10-3-1-4-12(10)16-14(11)17-5-2-7-21(18,19)8-6-17/h9H,1-8H2,(H2,15,20). The smallest absolute Gasteiger partial charge is 0.152 e. The van der Waals surface area contributed by atoms with Crippen molar-refractivity contribution in [2.24, 2.45) is 5.73 Å². The van der Waals surface area contributed by atoms with Gasteiger partial charge in [0.05, 0.1) is 17.1 Å². The maximum absolute atomic E-state index is 11.8. The van der Waals surface area contributed by atoms with E-state index in [1.807, 2.05) is 11.0 Å². The summed E-state index contributed by atoms with van der Waals surface area (Å²) in [7, 11) is -2.94. The zero-order valence-electron chi connectivity index (χ0n) is 11.8. The molecule has 0 radical (unpaired) electrons. The average molecular weight is 325 g/mol. The van der Waals surface area contributed by atoms with Crippen molar-refractivity contribution in [1.29, 1.82) is 0 Å². The van der Waals surface area contributed by atoms with Crippen molar-refractivity contribution in [3.8, 4) is 0 Å². The van der Waals surface area contributed by atoms with Crippen LogP contribution in [-0.2, 0) is 22.7 Å². The first-order valence-electron chi connectivity index (χ1n) is 7.24. The Bertz CT molecular complexity index is 686. The fourth-order valence-electron chi connectivity index (χ4n) is 3.03. The minimum atomic E-state index is -2.94. The number of pyridine rings is 1. The Morgan fingerprint density at radius 3 is 2.81 bits per heavy atom. The molecule has 7 heteroatoms. The molecule has 1 fully saturated rings. The average Bonchev–Trinajstić information content (AvgIpc) is 2.80. The number of aryl methyl sites for hydroxylation is 2.